The van der Waals surface area contributed by atoms with Gasteiger partial charge in [0.2, 0.25) is 0 Å². The lowest BCUT2D eigenvalue weighted by atomic mass is 10.0. The molecular weight excluding hydrogens is 302 g/mol. The molecule has 0 spiro atoms. The zero-order chi connectivity index (χ0) is 17.4. The number of benzene rings is 1. The monoisotopic (exact) mass is 333 g/mol. The Balaban J connectivity index is 1.88. The van der Waals surface area contributed by atoms with Gasteiger partial charge in [0.15, 0.2) is 0 Å². The van der Waals surface area contributed by atoms with E-state index in [2.05, 4.69) is 27.7 Å². The first-order valence-corrected chi connectivity index (χ1v) is 9.04. The molecule has 1 fully saturated rings. The molecule has 0 aliphatic carbocycles. The molecule has 1 aromatic rings. The summed E-state index contributed by atoms with van der Waals surface area (Å²) >= 11 is 0. The van der Waals surface area contributed by atoms with Crippen molar-refractivity contribution in [2.45, 2.75) is 45.3 Å². The van der Waals surface area contributed by atoms with E-state index in [-0.39, 0.29) is 24.1 Å². The van der Waals surface area contributed by atoms with Crippen molar-refractivity contribution in [2.75, 3.05) is 26.2 Å². The SMILES string of the molecule is CC(O)CC(C)CNC(=O)NC(CN1CCCC1)c1ccccc1. The molecule has 1 aromatic carbocycles. The average Bonchev–Trinajstić information content (AvgIpc) is 3.06. The minimum atomic E-state index is -0.336. The Hall–Kier alpha value is -1.59. The van der Waals surface area contributed by atoms with Gasteiger partial charge in [0.1, 0.15) is 0 Å². The molecule has 0 radical (unpaired) electrons. The van der Waals surface area contributed by atoms with Gasteiger partial charge in [-0.25, -0.2) is 4.79 Å². The maximum absolute atomic E-state index is 12.3. The van der Waals surface area contributed by atoms with Gasteiger partial charge in [-0.15, -0.1) is 0 Å². The Bertz CT molecular complexity index is 487. The number of hydrogen-bond acceptors (Lipinski definition) is 3. The van der Waals surface area contributed by atoms with Crippen LogP contribution in [0, 0.1) is 5.92 Å². The molecule has 0 bridgehead atoms. The highest BCUT2D eigenvalue weighted by atomic mass is 16.3. The molecule has 0 saturated carbocycles. The third kappa shape index (κ3) is 6.49. The maximum atomic E-state index is 12.3. The summed E-state index contributed by atoms with van der Waals surface area (Å²) in [5, 5.41) is 15.5. The fourth-order valence-corrected chi connectivity index (χ4v) is 3.28. The smallest absolute Gasteiger partial charge is 0.315 e. The normalized spacial score (nSPS) is 18.8. The Labute approximate surface area is 145 Å². The minimum absolute atomic E-state index is 0.00336. The number of urea groups is 1. The summed E-state index contributed by atoms with van der Waals surface area (Å²) in [5.74, 6) is 0.254. The van der Waals surface area contributed by atoms with Crippen molar-refractivity contribution in [1.29, 1.82) is 0 Å². The molecule has 5 heteroatoms. The summed E-state index contributed by atoms with van der Waals surface area (Å²) in [6, 6.07) is 10.0. The molecule has 1 saturated heterocycles. The second-order valence-electron chi connectivity index (χ2n) is 7.02. The fraction of sp³-hybridized carbons (Fsp3) is 0.632. The molecule has 1 aliphatic heterocycles. The number of aliphatic hydroxyl groups is 1. The Kier molecular flexibility index (Phi) is 7.53. The van der Waals surface area contributed by atoms with Crippen LogP contribution >= 0.6 is 0 Å². The predicted octanol–water partition coefficient (Wildman–Crippen LogP) is 2.53. The molecule has 2 rings (SSSR count). The van der Waals surface area contributed by atoms with E-state index < -0.39 is 0 Å². The second kappa shape index (κ2) is 9.64. The lowest BCUT2D eigenvalue weighted by Gasteiger charge is -2.25. The third-order valence-corrected chi connectivity index (χ3v) is 4.50. The summed E-state index contributed by atoms with van der Waals surface area (Å²) in [4.78, 5) is 14.7. The van der Waals surface area contributed by atoms with Gasteiger partial charge < -0.3 is 20.6 Å². The number of nitrogens with zero attached hydrogens (tertiary/aromatic N) is 1. The molecule has 3 atom stereocenters. The lowest BCUT2D eigenvalue weighted by molar-refractivity contribution is 0.163. The van der Waals surface area contributed by atoms with Crippen molar-refractivity contribution >= 4 is 6.03 Å². The van der Waals surface area contributed by atoms with Crippen molar-refractivity contribution < 1.29 is 9.90 Å². The molecular formula is C19H31N3O2. The van der Waals surface area contributed by atoms with Crippen molar-refractivity contribution in [3.63, 3.8) is 0 Å². The van der Waals surface area contributed by atoms with Crippen molar-refractivity contribution in [3.05, 3.63) is 35.9 Å². The van der Waals surface area contributed by atoms with Crippen molar-refractivity contribution in [3.8, 4) is 0 Å². The quantitative estimate of drug-likeness (QED) is 0.685. The van der Waals surface area contributed by atoms with Gasteiger partial charge >= 0.3 is 6.03 Å². The van der Waals surface area contributed by atoms with Crippen LogP contribution in [0.1, 0.15) is 44.7 Å². The van der Waals surface area contributed by atoms with E-state index in [0.717, 1.165) is 25.2 Å². The molecule has 2 amide bonds. The van der Waals surface area contributed by atoms with Gasteiger partial charge in [0, 0.05) is 13.1 Å². The average molecular weight is 333 g/mol. The van der Waals surface area contributed by atoms with Crippen molar-refractivity contribution in [2.24, 2.45) is 5.92 Å². The Morgan fingerprint density at radius 3 is 2.50 bits per heavy atom. The van der Waals surface area contributed by atoms with Gasteiger partial charge in [0.25, 0.3) is 0 Å². The first kappa shape index (κ1) is 18.7. The number of nitrogens with one attached hydrogen (secondary N) is 2. The standard InChI is InChI=1S/C19H31N3O2/c1-15(12-16(2)23)13-20-19(24)21-18(14-22-10-6-7-11-22)17-8-4-3-5-9-17/h3-5,8-9,15-16,18,23H,6-7,10-14H2,1-2H3,(H2,20,21,24). The molecule has 1 aliphatic rings. The van der Waals surface area contributed by atoms with Gasteiger partial charge in [-0.2, -0.15) is 0 Å². The molecule has 1 heterocycles. The Morgan fingerprint density at radius 2 is 1.88 bits per heavy atom. The molecule has 3 N–H and O–H groups in total. The number of amides is 2. The first-order chi connectivity index (χ1) is 11.5. The second-order valence-corrected chi connectivity index (χ2v) is 7.02. The topological polar surface area (TPSA) is 64.6 Å². The number of aliphatic hydroxyl groups excluding tert-OH is 1. The number of carbonyl (C=O) groups is 1. The predicted molar refractivity (Wildman–Crippen MR) is 96.9 cm³/mol. The molecule has 3 unspecified atom stereocenters. The highest BCUT2D eigenvalue weighted by Gasteiger charge is 2.20. The highest BCUT2D eigenvalue weighted by Crippen LogP contribution is 2.17. The van der Waals surface area contributed by atoms with Crippen LogP contribution in [0.3, 0.4) is 0 Å². The third-order valence-electron chi connectivity index (χ3n) is 4.50. The van der Waals surface area contributed by atoms with Crippen LogP contribution in [0.25, 0.3) is 0 Å². The van der Waals surface area contributed by atoms with Crippen molar-refractivity contribution in [1.82, 2.24) is 15.5 Å². The van der Waals surface area contributed by atoms with Crippen LogP contribution in [-0.2, 0) is 0 Å². The lowest BCUT2D eigenvalue weighted by Crippen LogP contribution is -2.43. The molecule has 134 valence electrons. The first-order valence-electron chi connectivity index (χ1n) is 9.04. The molecule has 24 heavy (non-hydrogen) atoms. The van der Waals surface area contributed by atoms with E-state index in [9.17, 15) is 9.90 Å². The van der Waals surface area contributed by atoms with E-state index in [1.54, 1.807) is 6.92 Å². The van der Waals surface area contributed by atoms with Gasteiger partial charge in [-0.1, -0.05) is 37.3 Å². The zero-order valence-electron chi connectivity index (χ0n) is 14.9. The van der Waals surface area contributed by atoms with E-state index in [1.807, 2.05) is 25.1 Å². The summed E-state index contributed by atoms with van der Waals surface area (Å²) in [7, 11) is 0. The number of carbonyl (C=O) groups excluding carboxylic acids is 1. The Morgan fingerprint density at radius 1 is 1.21 bits per heavy atom. The van der Waals surface area contributed by atoms with Crippen LogP contribution in [-0.4, -0.2) is 48.3 Å². The molecule has 5 nitrogen and oxygen atoms in total. The summed E-state index contributed by atoms with van der Waals surface area (Å²) < 4.78 is 0. The van der Waals surface area contributed by atoms with Crippen LogP contribution in [0.2, 0.25) is 0 Å². The summed E-state index contributed by atoms with van der Waals surface area (Å²) in [6.07, 6.45) is 2.84. The van der Waals surface area contributed by atoms with E-state index in [0.29, 0.717) is 13.0 Å². The number of likely N-dealkylation sites (tertiary alicyclic amines) is 1. The maximum Gasteiger partial charge on any atom is 0.315 e. The van der Waals surface area contributed by atoms with Gasteiger partial charge in [0.05, 0.1) is 12.1 Å². The number of rotatable bonds is 8. The van der Waals surface area contributed by atoms with E-state index in [1.165, 1.54) is 12.8 Å². The van der Waals surface area contributed by atoms with Crippen LogP contribution < -0.4 is 10.6 Å². The van der Waals surface area contributed by atoms with Gasteiger partial charge in [-0.05, 0) is 50.8 Å². The van der Waals surface area contributed by atoms with E-state index in [4.69, 9.17) is 0 Å². The summed E-state index contributed by atoms with van der Waals surface area (Å²) in [5.41, 5.74) is 1.14. The van der Waals surface area contributed by atoms with E-state index >= 15 is 0 Å². The zero-order valence-corrected chi connectivity index (χ0v) is 14.9. The minimum Gasteiger partial charge on any atom is -0.393 e. The summed E-state index contributed by atoms with van der Waals surface area (Å²) in [6.45, 7) is 7.45. The van der Waals surface area contributed by atoms with Crippen LogP contribution in [0.4, 0.5) is 4.79 Å². The highest BCUT2D eigenvalue weighted by molar-refractivity contribution is 5.74. The largest absolute Gasteiger partial charge is 0.393 e. The van der Waals surface area contributed by atoms with Crippen LogP contribution in [0.15, 0.2) is 30.3 Å². The van der Waals surface area contributed by atoms with Crippen LogP contribution in [0.5, 0.6) is 0 Å². The fourth-order valence-electron chi connectivity index (χ4n) is 3.28. The van der Waals surface area contributed by atoms with Gasteiger partial charge in [-0.3, -0.25) is 0 Å². The molecule has 0 aromatic heterocycles. The number of hydrogen-bond donors (Lipinski definition) is 3.